The van der Waals surface area contributed by atoms with Crippen molar-refractivity contribution >= 4 is 17.1 Å². The van der Waals surface area contributed by atoms with E-state index in [0.717, 1.165) is 35.5 Å². The van der Waals surface area contributed by atoms with Gasteiger partial charge in [-0.3, -0.25) is 0 Å². The normalized spacial score (nSPS) is 27.3. The standard InChI is InChI=1S/C47H47N/c1-47(2)45-23-16-35(32-6-4-3-5-7-32)28-44(45)41-22-21-40(29-46(41)47)48(38-17-12-33(13-18-38)42-26-30-8-10-36(42)24-30)39-19-14-34(15-20-39)43-27-31-9-11-37(43)25-31/h3-7,12-23,28-31,36-37,42-43H,8-11,24-27H2,1-2H3. The molecule has 0 aliphatic heterocycles. The zero-order valence-corrected chi connectivity index (χ0v) is 28.5. The lowest BCUT2D eigenvalue weighted by Crippen LogP contribution is -2.17. The summed E-state index contributed by atoms with van der Waals surface area (Å²) < 4.78 is 0. The van der Waals surface area contributed by atoms with E-state index in [-0.39, 0.29) is 5.41 Å². The van der Waals surface area contributed by atoms with Crippen molar-refractivity contribution in [3.8, 4) is 22.3 Å². The molecule has 4 saturated carbocycles. The van der Waals surface area contributed by atoms with Gasteiger partial charge >= 0.3 is 0 Å². The summed E-state index contributed by atoms with van der Waals surface area (Å²) in [7, 11) is 0. The first-order valence-corrected chi connectivity index (χ1v) is 18.8. The summed E-state index contributed by atoms with van der Waals surface area (Å²) >= 11 is 0. The van der Waals surface area contributed by atoms with Crippen molar-refractivity contribution in [2.75, 3.05) is 4.90 Å². The molecule has 0 radical (unpaired) electrons. The lowest BCUT2D eigenvalue weighted by molar-refractivity contribution is 0.420. The van der Waals surface area contributed by atoms with Gasteiger partial charge in [-0.15, -0.1) is 0 Å². The molecule has 10 rings (SSSR count). The molecule has 240 valence electrons. The first-order valence-electron chi connectivity index (χ1n) is 18.8. The predicted octanol–water partition coefficient (Wildman–Crippen LogP) is 12.9. The summed E-state index contributed by atoms with van der Waals surface area (Å²) in [6, 6.07) is 44.6. The third kappa shape index (κ3) is 4.57. The topological polar surface area (TPSA) is 3.24 Å². The lowest BCUT2D eigenvalue weighted by Gasteiger charge is -2.29. The molecule has 5 aromatic carbocycles. The van der Waals surface area contributed by atoms with Gasteiger partial charge < -0.3 is 4.90 Å². The Morgan fingerprint density at radius 2 is 1.06 bits per heavy atom. The molecular formula is C47H47N. The Kier molecular flexibility index (Phi) is 6.59. The number of rotatable bonds is 6. The van der Waals surface area contributed by atoms with Crippen molar-refractivity contribution < 1.29 is 0 Å². The monoisotopic (exact) mass is 625 g/mol. The summed E-state index contributed by atoms with van der Waals surface area (Å²) in [6.07, 6.45) is 11.5. The second kappa shape index (κ2) is 11.0. The van der Waals surface area contributed by atoms with Crippen LogP contribution in [0, 0.1) is 23.7 Å². The second-order valence-corrected chi connectivity index (χ2v) is 16.6. The summed E-state index contributed by atoms with van der Waals surface area (Å²) in [4.78, 5) is 2.52. The number of nitrogens with zero attached hydrogens (tertiary/aromatic N) is 1. The maximum atomic E-state index is 2.52. The molecule has 6 atom stereocenters. The van der Waals surface area contributed by atoms with Crippen molar-refractivity contribution in [1.29, 1.82) is 0 Å². The molecule has 5 aliphatic carbocycles. The highest BCUT2D eigenvalue weighted by Gasteiger charge is 2.41. The smallest absolute Gasteiger partial charge is 0.0465 e. The van der Waals surface area contributed by atoms with Crippen LogP contribution in [-0.2, 0) is 5.41 Å². The largest absolute Gasteiger partial charge is 0.310 e. The van der Waals surface area contributed by atoms with E-state index in [1.54, 1.807) is 11.1 Å². The quantitative estimate of drug-likeness (QED) is 0.181. The van der Waals surface area contributed by atoms with Crippen molar-refractivity contribution in [2.24, 2.45) is 23.7 Å². The van der Waals surface area contributed by atoms with E-state index in [1.807, 2.05) is 0 Å². The molecule has 0 N–H and O–H groups in total. The van der Waals surface area contributed by atoms with Gasteiger partial charge in [0.1, 0.15) is 0 Å². The van der Waals surface area contributed by atoms with Crippen molar-refractivity contribution in [1.82, 2.24) is 0 Å². The number of fused-ring (bicyclic) bond motifs is 7. The van der Waals surface area contributed by atoms with Gasteiger partial charge in [0.25, 0.3) is 0 Å². The first kappa shape index (κ1) is 28.9. The Labute approximate surface area is 287 Å². The van der Waals surface area contributed by atoms with E-state index in [4.69, 9.17) is 0 Å². The summed E-state index contributed by atoms with van der Waals surface area (Å²) in [5.74, 6) is 5.25. The van der Waals surface area contributed by atoms with Crippen LogP contribution in [0.3, 0.4) is 0 Å². The van der Waals surface area contributed by atoms with E-state index in [2.05, 4.69) is 134 Å². The molecule has 5 aliphatic rings. The van der Waals surface area contributed by atoms with Crippen LogP contribution in [0.25, 0.3) is 22.3 Å². The van der Waals surface area contributed by atoms with Gasteiger partial charge in [-0.2, -0.15) is 0 Å². The highest BCUT2D eigenvalue weighted by Crippen LogP contribution is 2.55. The highest BCUT2D eigenvalue weighted by atomic mass is 15.1. The van der Waals surface area contributed by atoms with Crippen molar-refractivity contribution in [3.63, 3.8) is 0 Å². The van der Waals surface area contributed by atoms with Crippen LogP contribution in [0.2, 0.25) is 0 Å². The Morgan fingerprint density at radius 3 is 1.60 bits per heavy atom. The van der Waals surface area contributed by atoms with E-state index < -0.39 is 0 Å². The lowest BCUT2D eigenvalue weighted by atomic mass is 9.82. The van der Waals surface area contributed by atoms with Crippen LogP contribution in [0.5, 0.6) is 0 Å². The molecule has 1 heteroatoms. The number of hydrogen-bond donors (Lipinski definition) is 0. The Hall–Kier alpha value is -4.10. The first-order chi connectivity index (χ1) is 23.5. The molecule has 5 aromatic rings. The van der Waals surface area contributed by atoms with Gasteiger partial charge in [-0.1, -0.05) is 99.5 Å². The average molecular weight is 626 g/mol. The van der Waals surface area contributed by atoms with Crippen LogP contribution in [0.15, 0.2) is 115 Å². The van der Waals surface area contributed by atoms with Gasteiger partial charge in [-0.25, -0.2) is 0 Å². The molecule has 0 amide bonds. The highest BCUT2D eigenvalue weighted by molar-refractivity contribution is 5.87. The minimum Gasteiger partial charge on any atom is -0.310 e. The molecule has 4 fully saturated rings. The van der Waals surface area contributed by atoms with Gasteiger partial charge in [-0.05, 0) is 161 Å². The zero-order chi connectivity index (χ0) is 32.0. The van der Waals surface area contributed by atoms with Crippen LogP contribution in [0.4, 0.5) is 17.1 Å². The zero-order valence-electron chi connectivity index (χ0n) is 28.5. The summed E-state index contributed by atoms with van der Waals surface area (Å²) in [6.45, 7) is 4.81. The van der Waals surface area contributed by atoms with Crippen LogP contribution >= 0.6 is 0 Å². The van der Waals surface area contributed by atoms with Gasteiger partial charge in [0.2, 0.25) is 0 Å². The third-order valence-electron chi connectivity index (χ3n) is 13.7. The molecule has 0 aromatic heterocycles. The molecule has 6 unspecified atom stereocenters. The Balaban J connectivity index is 1.04. The van der Waals surface area contributed by atoms with Crippen molar-refractivity contribution in [3.05, 3.63) is 138 Å². The fourth-order valence-corrected chi connectivity index (χ4v) is 11.2. The number of hydrogen-bond acceptors (Lipinski definition) is 1. The molecule has 0 heterocycles. The molecule has 1 nitrogen and oxygen atoms in total. The van der Waals surface area contributed by atoms with Crippen LogP contribution in [0.1, 0.15) is 99.3 Å². The van der Waals surface area contributed by atoms with Gasteiger partial charge in [0, 0.05) is 22.5 Å². The molecule has 0 saturated heterocycles. The predicted molar refractivity (Wildman–Crippen MR) is 201 cm³/mol. The minimum absolute atomic E-state index is 0.0706. The molecular weight excluding hydrogens is 579 g/mol. The number of anilines is 3. The van der Waals surface area contributed by atoms with Crippen LogP contribution < -0.4 is 4.90 Å². The maximum Gasteiger partial charge on any atom is 0.0465 e. The van der Waals surface area contributed by atoms with Gasteiger partial charge in [0.05, 0.1) is 0 Å². The fourth-order valence-electron chi connectivity index (χ4n) is 11.2. The molecule has 4 bridgehead atoms. The van der Waals surface area contributed by atoms with E-state index >= 15 is 0 Å². The van der Waals surface area contributed by atoms with E-state index in [9.17, 15) is 0 Å². The van der Waals surface area contributed by atoms with Crippen molar-refractivity contribution in [2.45, 2.75) is 82.5 Å². The SMILES string of the molecule is CC1(C)c2ccc(-c3ccccc3)cc2-c2ccc(N(c3ccc(C4CC5CCC4C5)cc3)c3ccc(C4CC5CCC4C5)cc3)cc21. The second-order valence-electron chi connectivity index (χ2n) is 16.6. The van der Waals surface area contributed by atoms with Crippen LogP contribution in [-0.4, -0.2) is 0 Å². The van der Waals surface area contributed by atoms with Gasteiger partial charge in [0.15, 0.2) is 0 Å². The van der Waals surface area contributed by atoms with E-state index in [1.165, 1.54) is 102 Å². The molecule has 0 spiro atoms. The maximum absolute atomic E-state index is 2.52. The molecule has 48 heavy (non-hydrogen) atoms. The number of benzene rings is 5. The fraction of sp³-hybridized carbons (Fsp3) is 0.362. The minimum atomic E-state index is -0.0706. The Bertz CT molecular complexity index is 1910. The summed E-state index contributed by atoms with van der Waals surface area (Å²) in [5.41, 5.74) is 14.9. The van der Waals surface area contributed by atoms with E-state index in [0.29, 0.717) is 0 Å². The summed E-state index contributed by atoms with van der Waals surface area (Å²) in [5, 5.41) is 0. The average Bonchev–Trinajstić information content (AvgIpc) is 3.98. The third-order valence-corrected chi connectivity index (χ3v) is 13.7. The Morgan fingerprint density at radius 1 is 0.479 bits per heavy atom.